The summed E-state index contributed by atoms with van der Waals surface area (Å²) >= 11 is 1.19. The minimum atomic E-state index is -0.498. The van der Waals surface area contributed by atoms with Crippen LogP contribution in [0.15, 0.2) is 0 Å². The Morgan fingerprint density at radius 2 is 2.50 bits per heavy atom. The fourth-order valence-electron chi connectivity index (χ4n) is 0.101. The monoisotopic (exact) mass is 106 g/mol. The summed E-state index contributed by atoms with van der Waals surface area (Å²) in [6.45, 7) is 0. The van der Waals surface area contributed by atoms with Crippen molar-refractivity contribution in [2.75, 3.05) is 6.26 Å². The molecular formula is C2H6N2OS. The molecule has 3 N–H and O–H groups in total. The Hall–Kier alpha value is -0.380. The molecule has 2 amide bonds. The molecular weight excluding hydrogens is 100 g/mol. The molecule has 0 saturated heterocycles. The third kappa shape index (κ3) is 3.62. The lowest BCUT2D eigenvalue weighted by atomic mass is 11.2. The summed E-state index contributed by atoms with van der Waals surface area (Å²) in [5.74, 6) is 0. The lowest BCUT2D eigenvalue weighted by Crippen LogP contribution is -2.22. The Morgan fingerprint density at radius 3 is 2.50 bits per heavy atom. The molecule has 36 valence electrons. The number of carbonyl (C=O) groups excluding carboxylic acids is 1. The topological polar surface area (TPSA) is 55.1 Å². The summed E-state index contributed by atoms with van der Waals surface area (Å²) in [5.41, 5.74) is 4.63. The molecule has 0 bridgehead atoms. The molecule has 0 aromatic rings. The zero-order valence-corrected chi connectivity index (χ0v) is 4.21. The van der Waals surface area contributed by atoms with Gasteiger partial charge in [-0.25, -0.2) is 4.79 Å². The molecule has 0 aliphatic heterocycles. The summed E-state index contributed by atoms with van der Waals surface area (Å²) in [5, 5.41) is 0. The first-order chi connectivity index (χ1) is 2.77. The van der Waals surface area contributed by atoms with Gasteiger partial charge in [0.1, 0.15) is 0 Å². The van der Waals surface area contributed by atoms with Gasteiger partial charge in [0.2, 0.25) is 0 Å². The van der Waals surface area contributed by atoms with Crippen LogP contribution in [0.1, 0.15) is 0 Å². The van der Waals surface area contributed by atoms with E-state index in [1.165, 1.54) is 11.9 Å². The molecule has 0 saturated carbocycles. The summed E-state index contributed by atoms with van der Waals surface area (Å²) in [4.78, 5) is 9.69. The third-order valence-electron chi connectivity index (χ3n) is 0.203. The largest absolute Gasteiger partial charge is 0.351 e. The van der Waals surface area contributed by atoms with E-state index in [1.54, 1.807) is 6.26 Å². The SMILES string of the molecule is CSNC(N)=O. The number of rotatable bonds is 1. The van der Waals surface area contributed by atoms with E-state index < -0.39 is 6.03 Å². The highest BCUT2D eigenvalue weighted by molar-refractivity contribution is 7.97. The van der Waals surface area contributed by atoms with E-state index in [9.17, 15) is 4.79 Å². The number of carbonyl (C=O) groups is 1. The Kier molecular flexibility index (Phi) is 2.66. The Labute approximate surface area is 40.4 Å². The van der Waals surface area contributed by atoms with Crippen molar-refractivity contribution in [2.24, 2.45) is 5.73 Å². The first-order valence-corrected chi connectivity index (χ1v) is 2.58. The highest BCUT2D eigenvalue weighted by Crippen LogP contribution is 1.76. The fourth-order valence-corrected chi connectivity index (χ4v) is 0.302. The molecule has 3 nitrogen and oxygen atoms in total. The van der Waals surface area contributed by atoms with Gasteiger partial charge in [-0.3, -0.25) is 4.72 Å². The number of amides is 2. The molecule has 0 aromatic carbocycles. The van der Waals surface area contributed by atoms with Crippen LogP contribution in [-0.2, 0) is 0 Å². The van der Waals surface area contributed by atoms with E-state index in [-0.39, 0.29) is 0 Å². The predicted molar refractivity (Wildman–Crippen MR) is 26.2 cm³/mol. The van der Waals surface area contributed by atoms with E-state index >= 15 is 0 Å². The maximum absolute atomic E-state index is 9.69. The van der Waals surface area contributed by atoms with Crippen molar-refractivity contribution in [3.8, 4) is 0 Å². The first-order valence-electron chi connectivity index (χ1n) is 1.36. The van der Waals surface area contributed by atoms with Gasteiger partial charge < -0.3 is 5.73 Å². The number of hydrogen-bond donors (Lipinski definition) is 2. The van der Waals surface area contributed by atoms with Crippen LogP contribution in [0.2, 0.25) is 0 Å². The first kappa shape index (κ1) is 5.62. The normalized spacial score (nSPS) is 7.50. The van der Waals surface area contributed by atoms with Crippen LogP contribution >= 0.6 is 11.9 Å². The van der Waals surface area contributed by atoms with Crippen LogP contribution in [0.25, 0.3) is 0 Å². The number of hydrogen-bond acceptors (Lipinski definition) is 2. The summed E-state index contributed by atoms with van der Waals surface area (Å²) < 4.78 is 2.26. The van der Waals surface area contributed by atoms with Gasteiger partial charge in [-0.1, -0.05) is 11.9 Å². The fraction of sp³-hybridized carbons (Fsp3) is 0.500. The van der Waals surface area contributed by atoms with Gasteiger partial charge >= 0.3 is 6.03 Å². The van der Waals surface area contributed by atoms with Gasteiger partial charge in [0, 0.05) is 6.26 Å². The second kappa shape index (κ2) is 2.84. The average Bonchev–Trinajstić information content (AvgIpc) is 1.35. The van der Waals surface area contributed by atoms with Gasteiger partial charge in [-0.05, 0) is 0 Å². The maximum atomic E-state index is 9.69. The summed E-state index contributed by atoms with van der Waals surface area (Å²) in [6, 6.07) is -0.498. The molecule has 0 heterocycles. The van der Waals surface area contributed by atoms with Crippen molar-refractivity contribution in [1.29, 1.82) is 0 Å². The maximum Gasteiger partial charge on any atom is 0.322 e. The summed E-state index contributed by atoms with van der Waals surface area (Å²) in [6.07, 6.45) is 1.73. The Bertz CT molecular complexity index is 55.5. The molecule has 0 atom stereocenters. The van der Waals surface area contributed by atoms with Crippen molar-refractivity contribution >= 4 is 18.0 Å². The molecule has 6 heavy (non-hydrogen) atoms. The number of nitrogens with one attached hydrogen (secondary N) is 1. The lowest BCUT2D eigenvalue weighted by molar-refractivity contribution is 0.254. The minimum Gasteiger partial charge on any atom is -0.351 e. The predicted octanol–water partition coefficient (Wildman–Crippen LogP) is -0.0673. The highest BCUT2D eigenvalue weighted by Gasteiger charge is 1.80. The van der Waals surface area contributed by atoms with Crippen LogP contribution in [0.4, 0.5) is 4.79 Å². The minimum absolute atomic E-state index is 0.498. The number of nitrogens with two attached hydrogens (primary N) is 1. The van der Waals surface area contributed by atoms with Crippen molar-refractivity contribution in [3.05, 3.63) is 0 Å². The van der Waals surface area contributed by atoms with Crippen molar-refractivity contribution in [3.63, 3.8) is 0 Å². The van der Waals surface area contributed by atoms with Gasteiger partial charge in [0.25, 0.3) is 0 Å². The molecule has 0 fully saturated rings. The summed E-state index contributed by atoms with van der Waals surface area (Å²) in [7, 11) is 0. The molecule has 0 aliphatic rings. The van der Waals surface area contributed by atoms with E-state index in [2.05, 4.69) is 10.5 Å². The van der Waals surface area contributed by atoms with E-state index in [0.29, 0.717) is 0 Å². The van der Waals surface area contributed by atoms with Gasteiger partial charge in [-0.15, -0.1) is 0 Å². The second-order valence-electron chi connectivity index (χ2n) is 0.670. The van der Waals surface area contributed by atoms with Crippen LogP contribution in [0, 0.1) is 0 Å². The zero-order chi connectivity index (χ0) is 4.99. The van der Waals surface area contributed by atoms with E-state index in [4.69, 9.17) is 0 Å². The highest BCUT2D eigenvalue weighted by atomic mass is 32.2. The molecule has 0 rings (SSSR count). The van der Waals surface area contributed by atoms with Gasteiger partial charge in [0.15, 0.2) is 0 Å². The van der Waals surface area contributed by atoms with Crippen molar-refractivity contribution in [1.82, 2.24) is 4.72 Å². The lowest BCUT2D eigenvalue weighted by Gasteiger charge is -1.87. The average molecular weight is 106 g/mol. The van der Waals surface area contributed by atoms with Crippen molar-refractivity contribution < 1.29 is 4.79 Å². The molecule has 0 spiro atoms. The van der Waals surface area contributed by atoms with Crippen LogP contribution in [0.3, 0.4) is 0 Å². The molecule has 4 heteroatoms. The quantitative estimate of drug-likeness (QED) is 0.460. The third-order valence-corrected chi connectivity index (χ3v) is 0.608. The van der Waals surface area contributed by atoms with Crippen LogP contribution in [-0.4, -0.2) is 12.3 Å². The van der Waals surface area contributed by atoms with Gasteiger partial charge in [0.05, 0.1) is 0 Å². The van der Waals surface area contributed by atoms with E-state index in [1.807, 2.05) is 0 Å². The number of primary amides is 1. The van der Waals surface area contributed by atoms with Crippen LogP contribution in [0.5, 0.6) is 0 Å². The van der Waals surface area contributed by atoms with Gasteiger partial charge in [-0.2, -0.15) is 0 Å². The van der Waals surface area contributed by atoms with E-state index in [0.717, 1.165) is 0 Å². The van der Waals surface area contributed by atoms with Crippen molar-refractivity contribution in [2.45, 2.75) is 0 Å². The molecule has 0 radical (unpaired) electrons. The molecule has 0 unspecified atom stereocenters. The molecule has 0 aliphatic carbocycles. The second-order valence-corrected chi connectivity index (χ2v) is 1.28. The zero-order valence-electron chi connectivity index (χ0n) is 3.39. The smallest absolute Gasteiger partial charge is 0.322 e. The number of urea groups is 1. The van der Waals surface area contributed by atoms with Crippen LogP contribution < -0.4 is 10.5 Å². The Balaban J connectivity index is 2.83. The Morgan fingerprint density at radius 1 is 2.00 bits per heavy atom. The standard InChI is InChI=1S/C2H6N2OS/c1-6-4-2(3)5/h1H3,(H3,3,4,5). The molecule has 0 aromatic heterocycles.